The van der Waals surface area contributed by atoms with Gasteiger partial charge in [0.15, 0.2) is 11.5 Å². The van der Waals surface area contributed by atoms with Crippen molar-refractivity contribution in [3.05, 3.63) is 57.9 Å². The van der Waals surface area contributed by atoms with Gasteiger partial charge in [-0.15, -0.1) is 0 Å². The molecule has 1 aromatic heterocycles. The van der Waals surface area contributed by atoms with Gasteiger partial charge in [-0.25, -0.2) is 0 Å². The van der Waals surface area contributed by atoms with Gasteiger partial charge in [-0.3, -0.25) is 15.1 Å². The minimum absolute atomic E-state index is 0.0189. The van der Waals surface area contributed by atoms with Crippen LogP contribution in [0.4, 0.5) is 5.69 Å². The summed E-state index contributed by atoms with van der Waals surface area (Å²) in [4.78, 5) is 14.8. The Bertz CT molecular complexity index is 810. The summed E-state index contributed by atoms with van der Waals surface area (Å²) in [6.45, 7) is 0.0189. The highest BCUT2D eigenvalue weighted by Crippen LogP contribution is 2.39. The molecule has 0 bridgehead atoms. The van der Waals surface area contributed by atoms with Crippen LogP contribution in [0.5, 0.6) is 11.5 Å². The molecule has 0 N–H and O–H groups in total. The van der Waals surface area contributed by atoms with Crippen molar-refractivity contribution >= 4 is 17.3 Å². The lowest BCUT2D eigenvalue weighted by atomic mass is 10.1. The number of rotatable bonds is 3. The highest BCUT2D eigenvalue weighted by molar-refractivity contribution is 5.90. The fourth-order valence-electron chi connectivity index (χ4n) is 2.06. The normalized spacial score (nSPS) is 12.8. The van der Waals surface area contributed by atoms with E-state index in [4.69, 9.17) is 9.47 Å². The average molecular weight is 295 g/mol. The number of benzene rings is 1. The Morgan fingerprint density at radius 1 is 1.36 bits per heavy atom. The molecule has 3 rings (SSSR count). The number of nitrogens with zero attached hydrogens (tertiary/aromatic N) is 3. The minimum Gasteiger partial charge on any atom is -0.454 e. The SMILES string of the molecule is N#C/C(=C\c1cc2c(cc1[N+](=O)[O-])OCO2)c1ccccn1. The molecule has 0 amide bonds. The van der Waals surface area contributed by atoms with Crippen LogP contribution >= 0.6 is 0 Å². The minimum atomic E-state index is -0.527. The van der Waals surface area contributed by atoms with Crippen molar-refractivity contribution in [1.29, 1.82) is 5.26 Å². The predicted molar refractivity (Wildman–Crippen MR) is 76.9 cm³/mol. The summed E-state index contributed by atoms with van der Waals surface area (Å²) in [6.07, 6.45) is 2.97. The lowest BCUT2D eigenvalue weighted by molar-refractivity contribution is -0.385. The van der Waals surface area contributed by atoms with Crippen molar-refractivity contribution in [2.24, 2.45) is 0 Å². The molecule has 7 nitrogen and oxygen atoms in total. The van der Waals surface area contributed by atoms with E-state index in [1.54, 1.807) is 24.4 Å². The van der Waals surface area contributed by atoms with Crippen LogP contribution in [0.3, 0.4) is 0 Å². The van der Waals surface area contributed by atoms with Gasteiger partial charge in [0.1, 0.15) is 6.07 Å². The fraction of sp³-hybridized carbons (Fsp3) is 0.0667. The van der Waals surface area contributed by atoms with E-state index in [2.05, 4.69) is 4.98 Å². The van der Waals surface area contributed by atoms with E-state index in [1.807, 2.05) is 6.07 Å². The summed E-state index contributed by atoms with van der Waals surface area (Å²) in [5.41, 5.74) is 0.768. The highest BCUT2D eigenvalue weighted by atomic mass is 16.7. The number of hydrogen-bond donors (Lipinski definition) is 0. The number of fused-ring (bicyclic) bond motifs is 1. The fourth-order valence-corrected chi connectivity index (χ4v) is 2.06. The standard InChI is InChI=1S/C15H9N3O4/c16-8-11(12-3-1-2-4-17-12)5-10-6-14-15(22-9-21-14)7-13(10)18(19)20/h1-7H,9H2/b11-5+. The van der Waals surface area contributed by atoms with E-state index in [9.17, 15) is 15.4 Å². The first-order valence-electron chi connectivity index (χ1n) is 6.30. The number of allylic oxidation sites excluding steroid dienone is 1. The lowest BCUT2D eigenvalue weighted by Crippen LogP contribution is -1.93. The maximum atomic E-state index is 11.2. The number of aromatic nitrogens is 1. The Hall–Kier alpha value is -3.40. The Labute approximate surface area is 125 Å². The number of ether oxygens (including phenoxy) is 2. The maximum absolute atomic E-state index is 11.2. The number of pyridine rings is 1. The molecule has 1 aliphatic heterocycles. The molecule has 2 heterocycles. The zero-order valence-electron chi connectivity index (χ0n) is 11.2. The molecule has 0 unspecified atom stereocenters. The van der Waals surface area contributed by atoms with Gasteiger partial charge in [0, 0.05) is 6.20 Å². The zero-order chi connectivity index (χ0) is 15.5. The van der Waals surface area contributed by atoms with Crippen LogP contribution in [0.2, 0.25) is 0 Å². The van der Waals surface area contributed by atoms with Crippen LogP contribution in [0.1, 0.15) is 11.3 Å². The maximum Gasteiger partial charge on any atom is 0.280 e. The Morgan fingerprint density at radius 2 is 2.14 bits per heavy atom. The van der Waals surface area contributed by atoms with Gasteiger partial charge >= 0.3 is 0 Å². The molecule has 7 heteroatoms. The van der Waals surface area contributed by atoms with Gasteiger partial charge in [-0.1, -0.05) is 6.07 Å². The van der Waals surface area contributed by atoms with Crippen LogP contribution in [0.15, 0.2) is 36.5 Å². The molecular weight excluding hydrogens is 286 g/mol. The third kappa shape index (κ3) is 2.45. The van der Waals surface area contributed by atoms with E-state index in [1.165, 1.54) is 18.2 Å². The quantitative estimate of drug-likeness (QED) is 0.490. The van der Waals surface area contributed by atoms with Crippen LogP contribution in [-0.4, -0.2) is 16.7 Å². The van der Waals surface area contributed by atoms with Crippen molar-refractivity contribution in [2.45, 2.75) is 0 Å². The van der Waals surface area contributed by atoms with Crippen LogP contribution in [0.25, 0.3) is 11.6 Å². The topological polar surface area (TPSA) is 98.3 Å². The molecule has 0 atom stereocenters. The van der Waals surface area contributed by atoms with Gasteiger partial charge in [-0.2, -0.15) is 5.26 Å². The van der Waals surface area contributed by atoms with E-state index in [-0.39, 0.29) is 23.6 Å². The van der Waals surface area contributed by atoms with Crippen LogP contribution in [0, 0.1) is 21.4 Å². The van der Waals surface area contributed by atoms with Gasteiger partial charge in [0.25, 0.3) is 5.69 Å². The van der Waals surface area contributed by atoms with E-state index in [0.29, 0.717) is 17.2 Å². The van der Waals surface area contributed by atoms with Crippen LogP contribution in [-0.2, 0) is 0 Å². The van der Waals surface area contributed by atoms with Gasteiger partial charge in [0.05, 0.1) is 27.8 Å². The second kappa shape index (κ2) is 5.54. The summed E-state index contributed by atoms with van der Waals surface area (Å²) in [5, 5.41) is 20.5. The Balaban J connectivity index is 2.13. The Kier molecular flexibility index (Phi) is 3.42. The van der Waals surface area contributed by atoms with Crippen molar-refractivity contribution < 1.29 is 14.4 Å². The van der Waals surface area contributed by atoms with E-state index < -0.39 is 4.92 Å². The zero-order valence-corrected chi connectivity index (χ0v) is 11.2. The van der Waals surface area contributed by atoms with Crippen molar-refractivity contribution in [2.75, 3.05) is 6.79 Å². The van der Waals surface area contributed by atoms with Crippen LogP contribution < -0.4 is 9.47 Å². The summed E-state index contributed by atoms with van der Waals surface area (Å²) < 4.78 is 10.4. The molecular formula is C15H9N3O4. The number of hydrogen-bond acceptors (Lipinski definition) is 6. The number of nitro groups is 1. The van der Waals surface area contributed by atoms with Gasteiger partial charge < -0.3 is 9.47 Å². The third-order valence-corrected chi connectivity index (χ3v) is 3.08. The first kappa shape index (κ1) is 13.6. The van der Waals surface area contributed by atoms with Crippen molar-refractivity contribution in [3.8, 4) is 17.6 Å². The molecule has 0 fully saturated rings. The summed E-state index contributed by atoms with van der Waals surface area (Å²) in [7, 11) is 0. The van der Waals surface area contributed by atoms with E-state index in [0.717, 1.165) is 0 Å². The van der Waals surface area contributed by atoms with E-state index >= 15 is 0 Å². The first-order chi connectivity index (χ1) is 10.7. The molecule has 0 radical (unpaired) electrons. The molecule has 0 saturated carbocycles. The molecule has 2 aromatic rings. The summed E-state index contributed by atoms with van der Waals surface area (Å²) in [6, 6.07) is 9.91. The van der Waals surface area contributed by atoms with Crippen molar-refractivity contribution in [1.82, 2.24) is 4.98 Å². The highest BCUT2D eigenvalue weighted by Gasteiger charge is 2.22. The molecule has 0 spiro atoms. The summed E-state index contributed by atoms with van der Waals surface area (Å²) >= 11 is 0. The summed E-state index contributed by atoms with van der Waals surface area (Å²) in [5.74, 6) is 0.732. The molecule has 0 saturated heterocycles. The molecule has 1 aromatic carbocycles. The average Bonchev–Trinajstić information content (AvgIpc) is 2.99. The third-order valence-electron chi connectivity index (χ3n) is 3.08. The number of nitriles is 1. The predicted octanol–water partition coefficient (Wildman–Crippen LogP) is 2.78. The second-order valence-electron chi connectivity index (χ2n) is 4.41. The van der Waals surface area contributed by atoms with Gasteiger partial charge in [-0.05, 0) is 24.3 Å². The Morgan fingerprint density at radius 3 is 2.77 bits per heavy atom. The molecule has 1 aliphatic rings. The smallest absolute Gasteiger partial charge is 0.280 e. The molecule has 0 aliphatic carbocycles. The second-order valence-corrected chi connectivity index (χ2v) is 4.41. The van der Waals surface area contributed by atoms with Crippen molar-refractivity contribution in [3.63, 3.8) is 0 Å². The van der Waals surface area contributed by atoms with Gasteiger partial charge in [0.2, 0.25) is 6.79 Å². The first-order valence-corrected chi connectivity index (χ1v) is 6.30. The molecule has 22 heavy (non-hydrogen) atoms. The molecule has 108 valence electrons. The largest absolute Gasteiger partial charge is 0.454 e. The monoisotopic (exact) mass is 295 g/mol. The lowest BCUT2D eigenvalue weighted by Gasteiger charge is -2.02. The number of nitro benzene ring substituents is 1.